The molecule has 0 bridgehead atoms. The molecule has 0 saturated heterocycles. The number of fused-ring (bicyclic) bond motifs is 2. The second-order valence-corrected chi connectivity index (χ2v) is 11.7. The largest absolute Gasteiger partial charge is 0.325 e. The van der Waals surface area contributed by atoms with Gasteiger partial charge in [-0.3, -0.25) is 24.5 Å². The van der Waals surface area contributed by atoms with Crippen molar-refractivity contribution in [1.29, 1.82) is 0 Å². The first kappa shape index (κ1) is 25.6. The van der Waals surface area contributed by atoms with Gasteiger partial charge in [-0.1, -0.05) is 35.5 Å². The maximum Gasteiger partial charge on any atom is 0.283 e. The standard InChI is InChI=1S/C27H22N4O5S2/c1-13-10-14(2)23(15(3)11-13)29-24(32)16(4)37-27-28-19-9-8-17(12-21(19)38-27)30-25(33)18-6-5-7-20(31(35)36)22(18)26(30)34/h5-12,16H,1-4H3,(H,29,32)/t16-/m0/s1. The molecule has 0 saturated carbocycles. The third-order valence-electron chi connectivity index (χ3n) is 6.27. The quantitative estimate of drug-likeness (QED) is 0.135. The second kappa shape index (κ2) is 9.66. The van der Waals surface area contributed by atoms with E-state index in [-0.39, 0.29) is 17.0 Å². The molecule has 5 rings (SSSR count). The van der Waals surface area contributed by atoms with Gasteiger partial charge in [-0.2, -0.15) is 0 Å². The van der Waals surface area contributed by atoms with Gasteiger partial charge in [-0.05, 0) is 63.1 Å². The number of nitro groups is 1. The lowest BCUT2D eigenvalue weighted by Gasteiger charge is -2.15. The first-order valence-electron chi connectivity index (χ1n) is 11.7. The Balaban J connectivity index is 1.37. The van der Waals surface area contributed by atoms with Gasteiger partial charge in [0.15, 0.2) is 4.34 Å². The molecular formula is C27H22N4O5S2. The maximum atomic E-state index is 13.1. The summed E-state index contributed by atoms with van der Waals surface area (Å²) in [4.78, 5) is 55.2. The summed E-state index contributed by atoms with van der Waals surface area (Å²) in [5.41, 5.74) is 4.29. The van der Waals surface area contributed by atoms with Crippen LogP contribution >= 0.6 is 23.1 Å². The molecule has 3 amide bonds. The van der Waals surface area contributed by atoms with E-state index < -0.39 is 27.7 Å². The average Bonchev–Trinajstić information content (AvgIpc) is 3.37. The van der Waals surface area contributed by atoms with Crippen molar-refractivity contribution in [2.75, 3.05) is 10.2 Å². The molecule has 4 aromatic rings. The minimum Gasteiger partial charge on any atom is -0.325 e. The van der Waals surface area contributed by atoms with Crippen LogP contribution in [0.4, 0.5) is 17.1 Å². The van der Waals surface area contributed by atoms with Crippen molar-refractivity contribution in [2.45, 2.75) is 37.3 Å². The summed E-state index contributed by atoms with van der Waals surface area (Å²) in [5.74, 6) is -1.49. The Bertz CT molecular complexity index is 1660. The number of rotatable bonds is 6. The number of aryl methyl sites for hydroxylation is 3. The number of hydrogen-bond acceptors (Lipinski definition) is 8. The van der Waals surface area contributed by atoms with Crippen LogP contribution in [0.5, 0.6) is 0 Å². The highest BCUT2D eigenvalue weighted by Crippen LogP contribution is 2.38. The van der Waals surface area contributed by atoms with Gasteiger partial charge in [0.1, 0.15) is 5.56 Å². The van der Waals surface area contributed by atoms with Gasteiger partial charge in [0, 0.05) is 11.8 Å². The fourth-order valence-electron chi connectivity index (χ4n) is 4.54. The lowest BCUT2D eigenvalue weighted by molar-refractivity contribution is -0.385. The zero-order chi connectivity index (χ0) is 27.3. The number of benzene rings is 3. The summed E-state index contributed by atoms with van der Waals surface area (Å²) in [6.07, 6.45) is 0. The third-order valence-corrected chi connectivity index (χ3v) is 8.48. The highest BCUT2D eigenvalue weighted by molar-refractivity contribution is 8.02. The number of anilines is 2. The molecular weight excluding hydrogens is 524 g/mol. The highest BCUT2D eigenvalue weighted by Gasteiger charge is 2.41. The van der Waals surface area contributed by atoms with Crippen LogP contribution in [0.1, 0.15) is 44.3 Å². The molecule has 9 nitrogen and oxygen atoms in total. The van der Waals surface area contributed by atoms with Gasteiger partial charge in [0.05, 0.1) is 31.6 Å². The van der Waals surface area contributed by atoms with Gasteiger partial charge in [-0.15, -0.1) is 11.3 Å². The van der Waals surface area contributed by atoms with Gasteiger partial charge in [-0.25, -0.2) is 9.88 Å². The number of nitro benzene ring substituents is 1. The number of thiazole rings is 1. The summed E-state index contributed by atoms with van der Waals surface area (Å²) in [6.45, 7) is 7.75. The molecule has 0 spiro atoms. The van der Waals surface area contributed by atoms with Gasteiger partial charge in [0.25, 0.3) is 17.5 Å². The number of nitrogens with one attached hydrogen (secondary N) is 1. The van der Waals surface area contributed by atoms with E-state index in [1.54, 1.807) is 18.2 Å². The molecule has 0 aliphatic carbocycles. The minimum absolute atomic E-state index is 0.00346. The van der Waals surface area contributed by atoms with Gasteiger partial charge < -0.3 is 5.32 Å². The summed E-state index contributed by atoms with van der Waals surface area (Å²) >= 11 is 2.66. The normalized spacial score (nSPS) is 13.6. The van der Waals surface area contributed by atoms with Crippen LogP contribution < -0.4 is 10.2 Å². The Morgan fingerprint density at radius 1 is 1.08 bits per heavy atom. The van der Waals surface area contributed by atoms with Crippen molar-refractivity contribution in [3.05, 3.63) is 86.5 Å². The Morgan fingerprint density at radius 3 is 2.47 bits per heavy atom. The summed E-state index contributed by atoms with van der Waals surface area (Å²) in [7, 11) is 0. The predicted molar refractivity (Wildman–Crippen MR) is 148 cm³/mol. The van der Waals surface area contributed by atoms with E-state index in [9.17, 15) is 24.5 Å². The zero-order valence-electron chi connectivity index (χ0n) is 20.9. The number of carbonyl (C=O) groups excluding carboxylic acids is 3. The number of thioether (sulfide) groups is 1. The lowest BCUT2D eigenvalue weighted by Crippen LogP contribution is -2.29. The number of carbonyl (C=O) groups is 3. The van der Waals surface area contributed by atoms with Crippen molar-refractivity contribution in [3.63, 3.8) is 0 Å². The number of amides is 3. The van der Waals surface area contributed by atoms with Crippen LogP contribution in [-0.4, -0.2) is 32.9 Å². The van der Waals surface area contributed by atoms with E-state index in [1.165, 1.54) is 41.3 Å². The van der Waals surface area contributed by atoms with Crippen LogP contribution in [0.2, 0.25) is 0 Å². The maximum absolute atomic E-state index is 13.1. The lowest BCUT2D eigenvalue weighted by atomic mass is 10.1. The van der Waals surface area contributed by atoms with Crippen LogP contribution in [0.3, 0.4) is 0 Å². The number of hydrogen-bond donors (Lipinski definition) is 1. The molecule has 11 heteroatoms. The molecule has 0 unspecified atom stereocenters. The van der Waals surface area contributed by atoms with Crippen LogP contribution in [-0.2, 0) is 4.79 Å². The van der Waals surface area contributed by atoms with Crippen LogP contribution in [0.15, 0.2) is 52.9 Å². The summed E-state index contributed by atoms with van der Waals surface area (Å²) in [6, 6.07) is 13.0. The van der Waals surface area contributed by atoms with E-state index >= 15 is 0 Å². The van der Waals surface area contributed by atoms with Crippen LogP contribution in [0.25, 0.3) is 10.2 Å². The molecule has 1 aliphatic rings. The molecule has 0 fully saturated rings. The monoisotopic (exact) mass is 546 g/mol. The Hall–Kier alpha value is -4.09. The van der Waals surface area contributed by atoms with E-state index in [0.29, 0.717) is 20.2 Å². The van der Waals surface area contributed by atoms with E-state index in [0.717, 1.165) is 27.3 Å². The molecule has 1 atom stereocenters. The molecule has 192 valence electrons. The Morgan fingerprint density at radius 2 is 1.79 bits per heavy atom. The zero-order valence-corrected chi connectivity index (χ0v) is 22.5. The van der Waals surface area contributed by atoms with Crippen molar-refractivity contribution in [2.24, 2.45) is 0 Å². The summed E-state index contributed by atoms with van der Waals surface area (Å²) < 4.78 is 1.38. The van der Waals surface area contributed by atoms with Crippen LogP contribution in [0, 0.1) is 30.9 Å². The molecule has 38 heavy (non-hydrogen) atoms. The Labute approximate surface area is 226 Å². The number of aromatic nitrogens is 1. The molecule has 0 radical (unpaired) electrons. The Kier molecular flexibility index (Phi) is 6.49. The molecule has 1 N–H and O–H groups in total. The van der Waals surface area contributed by atoms with Crippen molar-refractivity contribution in [1.82, 2.24) is 4.98 Å². The summed E-state index contributed by atoms with van der Waals surface area (Å²) in [5, 5.41) is 14.0. The number of nitrogens with zero attached hydrogens (tertiary/aromatic N) is 3. The smallest absolute Gasteiger partial charge is 0.283 e. The predicted octanol–water partition coefficient (Wildman–Crippen LogP) is 6.05. The van der Waals surface area contributed by atoms with Crippen molar-refractivity contribution < 1.29 is 19.3 Å². The van der Waals surface area contributed by atoms with Crippen molar-refractivity contribution in [3.8, 4) is 0 Å². The first-order chi connectivity index (χ1) is 18.0. The molecule has 2 heterocycles. The van der Waals surface area contributed by atoms with Gasteiger partial charge in [0.2, 0.25) is 5.91 Å². The first-order valence-corrected chi connectivity index (χ1v) is 13.4. The van der Waals surface area contributed by atoms with E-state index in [1.807, 2.05) is 39.8 Å². The minimum atomic E-state index is -0.734. The SMILES string of the molecule is Cc1cc(C)c(NC(=O)[C@H](C)Sc2nc3ccc(N4C(=O)c5cccc([N+](=O)[O-])c5C4=O)cc3s2)c(C)c1. The topological polar surface area (TPSA) is 123 Å². The van der Waals surface area contributed by atoms with Crippen molar-refractivity contribution >= 4 is 68.1 Å². The van der Waals surface area contributed by atoms with Gasteiger partial charge >= 0.3 is 0 Å². The second-order valence-electron chi connectivity index (χ2n) is 9.06. The average molecular weight is 547 g/mol. The third kappa shape index (κ3) is 4.44. The highest BCUT2D eigenvalue weighted by atomic mass is 32.2. The van der Waals surface area contributed by atoms with E-state index in [2.05, 4.69) is 10.3 Å². The number of imide groups is 1. The molecule has 3 aromatic carbocycles. The molecule has 1 aliphatic heterocycles. The molecule has 1 aromatic heterocycles. The van der Waals surface area contributed by atoms with E-state index in [4.69, 9.17) is 0 Å². The fourth-order valence-corrected chi connectivity index (χ4v) is 6.79. The fraction of sp³-hybridized carbons (Fsp3) is 0.185.